The van der Waals surface area contributed by atoms with E-state index >= 15 is 0 Å². The van der Waals surface area contributed by atoms with Crippen LogP contribution in [0.3, 0.4) is 0 Å². The van der Waals surface area contributed by atoms with Crippen molar-refractivity contribution < 1.29 is 19.1 Å². The Bertz CT molecular complexity index is 893. The third kappa shape index (κ3) is 3.56. The predicted molar refractivity (Wildman–Crippen MR) is 99.2 cm³/mol. The molecule has 1 heterocycles. The van der Waals surface area contributed by atoms with Gasteiger partial charge in [-0.25, -0.2) is 9.59 Å². The molecule has 128 valence electrons. The quantitative estimate of drug-likeness (QED) is 0.610. The molecule has 0 spiro atoms. The molecule has 0 amide bonds. The molecule has 2 aromatic carbocycles. The van der Waals surface area contributed by atoms with Gasteiger partial charge < -0.3 is 9.47 Å². The van der Waals surface area contributed by atoms with Crippen molar-refractivity contribution in [1.29, 1.82) is 0 Å². The van der Waals surface area contributed by atoms with E-state index in [0.29, 0.717) is 11.1 Å². The van der Waals surface area contributed by atoms with Crippen LogP contribution in [-0.4, -0.2) is 25.2 Å². The zero-order chi connectivity index (χ0) is 17.8. The summed E-state index contributed by atoms with van der Waals surface area (Å²) < 4.78 is 11.3. The van der Waals surface area contributed by atoms with Gasteiger partial charge in [-0.1, -0.05) is 24.3 Å². The van der Waals surface area contributed by atoms with Crippen molar-refractivity contribution in [1.82, 2.24) is 0 Å². The maximum absolute atomic E-state index is 12.4. The third-order valence-corrected chi connectivity index (χ3v) is 4.87. The molecule has 0 fully saturated rings. The molecule has 0 radical (unpaired) electrons. The first-order valence-corrected chi connectivity index (χ1v) is 8.93. The molecule has 0 atom stereocenters. The molecule has 3 aromatic rings. The van der Waals surface area contributed by atoms with E-state index < -0.39 is 11.9 Å². The lowest BCUT2D eigenvalue weighted by atomic mass is 10.0. The number of hydrogen-bond acceptors (Lipinski definition) is 5. The van der Waals surface area contributed by atoms with Crippen LogP contribution in [0.2, 0.25) is 0 Å². The summed E-state index contributed by atoms with van der Waals surface area (Å²) in [5.41, 5.74) is 1.47. The highest BCUT2D eigenvalue weighted by Gasteiger charge is 2.19. The summed E-state index contributed by atoms with van der Waals surface area (Å²) in [4.78, 5) is 25.4. The van der Waals surface area contributed by atoms with Gasteiger partial charge in [0.15, 0.2) is 0 Å². The second-order valence-corrected chi connectivity index (χ2v) is 6.43. The monoisotopic (exact) mass is 354 g/mol. The largest absolute Gasteiger partial charge is 0.462 e. The summed E-state index contributed by atoms with van der Waals surface area (Å²) in [6.07, 6.45) is 0. The molecule has 0 saturated heterocycles. The number of benzene rings is 2. The van der Waals surface area contributed by atoms with E-state index in [9.17, 15) is 9.59 Å². The first-order valence-electron chi connectivity index (χ1n) is 8.11. The highest BCUT2D eigenvalue weighted by molar-refractivity contribution is 7.22. The second kappa shape index (κ2) is 7.49. The molecule has 3 rings (SSSR count). The Morgan fingerprint density at radius 3 is 2.36 bits per heavy atom. The Morgan fingerprint density at radius 2 is 1.64 bits per heavy atom. The summed E-state index contributed by atoms with van der Waals surface area (Å²) in [5, 5.41) is 1.12. The standard InChI is InChI=1S/C20H18O4S/c1-3-23-19(21)14-9-10-15(16(11-14)20(22)24-4-2)18-12-13-7-5-6-8-17(13)25-18/h5-12H,3-4H2,1-2H3. The van der Waals surface area contributed by atoms with Gasteiger partial charge in [-0.3, -0.25) is 0 Å². The highest BCUT2D eigenvalue weighted by atomic mass is 32.1. The summed E-state index contributed by atoms with van der Waals surface area (Å²) in [6.45, 7) is 4.06. The van der Waals surface area contributed by atoms with Crippen molar-refractivity contribution in [3.05, 3.63) is 59.7 Å². The number of thiophene rings is 1. The minimum Gasteiger partial charge on any atom is -0.462 e. The fourth-order valence-electron chi connectivity index (χ4n) is 2.59. The van der Waals surface area contributed by atoms with Crippen LogP contribution in [0.25, 0.3) is 20.5 Å². The number of hydrogen-bond donors (Lipinski definition) is 0. The van der Waals surface area contributed by atoms with Gasteiger partial charge in [0, 0.05) is 15.1 Å². The minimum atomic E-state index is -0.448. The Hall–Kier alpha value is -2.66. The Labute approximate surface area is 150 Å². The number of carbonyl (C=O) groups excluding carboxylic acids is 2. The molecule has 0 saturated carbocycles. The lowest BCUT2D eigenvalue weighted by Crippen LogP contribution is -2.10. The Morgan fingerprint density at radius 1 is 0.920 bits per heavy atom. The maximum atomic E-state index is 12.4. The first-order chi connectivity index (χ1) is 12.1. The van der Waals surface area contributed by atoms with Crippen LogP contribution >= 0.6 is 11.3 Å². The van der Waals surface area contributed by atoms with Crippen LogP contribution in [0.4, 0.5) is 0 Å². The fourth-order valence-corrected chi connectivity index (χ4v) is 3.70. The predicted octanol–water partition coefficient (Wildman–Crippen LogP) is 4.92. The van der Waals surface area contributed by atoms with Gasteiger partial charge in [0.05, 0.1) is 24.3 Å². The SMILES string of the molecule is CCOC(=O)c1ccc(-c2cc3ccccc3s2)c(C(=O)OCC)c1. The van der Waals surface area contributed by atoms with Crippen LogP contribution < -0.4 is 0 Å². The van der Waals surface area contributed by atoms with E-state index in [-0.39, 0.29) is 13.2 Å². The molecule has 5 heteroatoms. The zero-order valence-corrected chi connectivity index (χ0v) is 14.9. The Balaban J connectivity index is 2.10. The van der Waals surface area contributed by atoms with Crippen LogP contribution in [0.5, 0.6) is 0 Å². The van der Waals surface area contributed by atoms with Gasteiger partial charge in [0.2, 0.25) is 0 Å². The summed E-state index contributed by atoms with van der Waals surface area (Å²) >= 11 is 1.60. The average Bonchev–Trinajstić information content (AvgIpc) is 3.05. The highest BCUT2D eigenvalue weighted by Crippen LogP contribution is 2.36. The van der Waals surface area contributed by atoms with Gasteiger partial charge >= 0.3 is 11.9 Å². The van der Waals surface area contributed by atoms with E-state index in [1.165, 1.54) is 0 Å². The second-order valence-electron chi connectivity index (χ2n) is 5.35. The molecule has 0 aliphatic rings. The van der Waals surface area contributed by atoms with Gasteiger partial charge in [-0.2, -0.15) is 0 Å². The average molecular weight is 354 g/mol. The van der Waals surface area contributed by atoms with E-state index in [2.05, 4.69) is 0 Å². The van der Waals surface area contributed by atoms with E-state index in [0.717, 1.165) is 20.5 Å². The van der Waals surface area contributed by atoms with E-state index in [1.807, 2.05) is 30.3 Å². The van der Waals surface area contributed by atoms with Crippen molar-refractivity contribution >= 4 is 33.4 Å². The number of ether oxygens (including phenoxy) is 2. The van der Waals surface area contributed by atoms with Gasteiger partial charge in [-0.05, 0) is 43.5 Å². The smallest absolute Gasteiger partial charge is 0.338 e. The van der Waals surface area contributed by atoms with Crippen molar-refractivity contribution in [3.63, 3.8) is 0 Å². The van der Waals surface area contributed by atoms with Crippen LogP contribution in [0, 0.1) is 0 Å². The molecule has 0 aliphatic heterocycles. The lowest BCUT2D eigenvalue weighted by Gasteiger charge is -2.10. The number of fused-ring (bicyclic) bond motifs is 1. The molecular formula is C20H18O4S. The van der Waals surface area contributed by atoms with Crippen LogP contribution in [0.15, 0.2) is 48.5 Å². The number of carbonyl (C=O) groups is 2. The summed E-state index contributed by atoms with van der Waals surface area (Å²) in [7, 11) is 0. The minimum absolute atomic E-state index is 0.272. The topological polar surface area (TPSA) is 52.6 Å². The lowest BCUT2D eigenvalue weighted by molar-refractivity contribution is 0.0526. The van der Waals surface area contributed by atoms with Crippen molar-refractivity contribution in [2.75, 3.05) is 13.2 Å². The van der Waals surface area contributed by atoms with Crippen molar-refractivity contribution in [2.45, 2.75) is 13.8 Å². The van der Waals surface area contributed by atoms with Gasteiger partial charge in [0.1, 0.15) is 0 Å². The number of rotatable bonds is 5. The van der Waals surface area contributed by atoms with Crippen LogP contribution in [0.1, 0.15) is 34.6 Å². The normalized spacial score (nSPS) is 10.6. The number of esters is 2. The third-order valence-electron chi connectivity index (χ3n) is 3.72. The molecule has 0 aliphatic carbocycles. The molecule has 1 aromatic heterocycles. The van der Waals surface area contributed by atoms with Crippen molar-refractivity contribution in [3.8, 4) is 10.4 Å². The molecule has 0 unspecified atom stereocenters. The summed E-state index contributed by atoms with van der Waals surface area (Å²) in [5.74, 6) is -0.892. The van der Waals surface area contributed by atoms with Crippen molar-refractivity contribution in [2.24, 2.45) is 0 Å². The molecular weight excluding hydrogens is 336 g/mol. The summed E-state index contributed by atoms with van der Waals surface area (Å²) in [6, 6.07) is 15.1. The molecule has 0 bridgehead atoms. The molecule has 0 N–H and O–H groups in total. The first kappa shape index (κ1) is 17.2. The Kier molecular flexibility index (Phi) is 5.14. The van der Waals surface area contributed by atoms with E-state index in [1.54, 1.807) is 43.4 Å². The van der Waals surface area contributed by atoms with E-state index in [4.69, 9.17) is 9.47 Å². The molecule has 4 nitrogen and oxygen atoms in total. The van der Waals surface area contributed by atoms with Gasteiger partial charge in [0.25, 0.3) is 0 Å². The fraction of sp³-hybridized carbons (Fsp3) is 0.200. The molecule has 25 heavy (non-hydrogen) atoms. The van der Waals surface area contributed by atoms with Gasteiger partial charge in [-0.15, -0.1) is 11.3 Å². The maximum Gasteiger partial charge on any atom is 0.338 e. The zero-order valence-electron chi connectivity index (χ0n) is 14.1. The van der Waals surface area contributed by atoms with Crippen LogP contribution in [-0.2, 0) is 9.47 Å².